The number of esters is 1. The van der Waals surface area contributed by atoms with Crippen molar-refractivity contribution in [1.29, 1.82) is 0 Å². The zero-order valence-electron chi connectivity index (χ0n) is 8.01. The Hall–Kier alpha value is -2.18. The van der Waals surface area contributed by atoms with Crippen LogP contribution >= 0.6 is 0 Å². The van der Waals surface area contributed by atoms with E-state index >= 15 is 0 Å². The van der Waals surface area contributed by atoms with E-state index in [2.05, 4.69) is 21.4 Å². The van der Waals surface area contributed by atoms with Crippen molar-refractivity contribution in [2.75, 3.05) is 7.11 Å². The van der Waals surface area contributed by atoms with Crippen LogP contribution in [0, 0.1) is 0 Å². The lowest BCUT2D eigenvalue weighted by atomic mass is 10.3. The van der Waals surface area contributed by atoms with Gasteiger partial charge in [-0.1, -0.05) is 6.58 Å². The van der Waals surface area contributed by atoms with Gasteiger partial charge in [-0.15, -0.1) is 5.10 Å². The molecule has 0 amide bonds. The molecule has 0 saturated heterocycles. The molecule has 1 rings (SSSR count). The van der Waals surface area contributed by atoms with E-state index in [1.54, 1.807) is 0 Å². The van der Waals surface area contributed by atoms with E-state index in [1.807, 2.05) is 0 Å². The lowest BCUT2D eigenvalue weighted by Gasteiger charge is -1.98. The molecule has 7 nitrogen and oxygen atoms in total. The van der Waals surface area contributed by atoms with Gasteiger partial charge in [0.25, 0.3) is 5.82 Å². The van der Waals surface area contributed by atoms with Crippen LogP contribution in [0.25, 0.3) is 0 Å². The minimum atomic E-state index is -1.12. The Kier molecular flexibility index (Phi) is 3.17. The Morgan fingerprint density at radius 3 is 2.87 bits per heavy atom. The average molecular weight is 211 g/mol. The number of hydrogen-bond donors (Lipinski definition) is 1. The minimum Gasteiger partial charge on any atom is -0.478 e. The van der Waals surface area contributed by atoms with Gasteiger partial charge in [-0.3, -0.25) is 0 Å². The second-order valence-corrected chi connectivity index (χ2v) is 2.67. The fourth-order valence-corrected chi connectivity index (χ4v) is 0.819. The first-order valence-corrected chi connectivity index (χ1v) is 3.93. The highest BCUT2D eigenvalue weighted by atomic mass is 16.5. The Morgan fingerprint density at radius 2 is 2.33 bits per heavy atom. The maximum atomic E-state index is 10.9. The summed E-state index contributed by atoms with van der Waals surface area (Å²) in [7, 11) is 1.21. The zero-order valence-corrected chi connectivity index (χ0v) is 8.01. The molecule has 80 valence electrons. The normalized spacial score (nSPS) is 9.67. The number of carboxylic acids is 1. The summed E-state index contributed by atoms with van der Waals surface area (Å²) in [5.74, 6) is -1.91. The van der Waals surface area contributed by atoms with Crippen LogP contribution in [0.1, 0.15) is 10.6 Å². The smallest absolute Gasteiger partial charge is 0.377 e. The number of ether oxygens (including phenoxy) is 1. The minimum absolute atomic E-state index is 0.0284. The third-order valence-corrected chi connectivity index (χ3v) is 1.56. The van der Waals surface area contributed by atoms with Crippen LogP contribution in [0.15, 0.2) is 18.5 Å². The number of carboxylic acid groups (broad SMARTS) is 1. The number of methoxy groups -OCH3 is 1. The summed E-state index contributed by atoms with van der Waals surface area (Å²) >= 11 is 0. The number of hydrogen-bond acceptors (Lipinski definition) is 5. The first-order chi connectivity index (χ1) is 7.04. The molecule has 0 fully saturated rings. The Bertz CT molecular complexity index is 410. The summed E-state index contributed by atoms with van der Waals surface area (Å²) in [6, 6.07) is 0. The molecule has 1 aromatic rings. The van der Waals surface area contributed by atoms with Crippen molar-refractivity contribution < 1.29 is 19.4 Å². The molecule has 7 heteroatoms. The van der Waals surface area contributed by atoms with E-state index in [4.69, 9.17) is 5.11 Å². The van der Waals surface area contributed by atoms with Gasteiger partial charge < -0.3 is 9.84 Å². The summed E-state index contributed by atoms with van der Waals surface area (Å²) in [5.41, 5.74) is -0.0451. The van der Waals surface area contributed by atoms with Gasteiger partial charge >= 0.3 is 11.9 Å². The number of rotatable bonds is 4. The molecule has 0 aromatic carbocycles. The molecular formula is C8H9N3O4. The standard InChI is InChI=1S/C8H9N3O4/c1-5(7(12)13)3-11-4-9-6(10-11)8(14)15-2/h4H,1,3H2,2H3,(H,12,13). The highest BCUT2D eigenvalue weighted by Gasteiger charge is 2.12. The Labute approximate surface area is 85.0 Å². The lowest BCUT2D eigenvalue weighted by molar-refractivity contribution is -0.132. The lowest BCUT2D eigenvalue weighted by Crippen LogP contribution is -2.10. The summed E-state index contributed by atoms with van der Waals surface area (Å²) in [6.45, 7) is 3.29. The fourth-order valence-electron chi connectivity index (χ4n) is 0.819. The largest absolute Gasteiger partial charge is 0.478 e. The van der Waals surface area contributed by atoms with Crippen molar-refractivity contribution in [2.45, 2.75) is 6.54 Å². The second-order valence-electron chi connectivity index (χ2n) is 2.67. The number of carbonyl (C=O) groups is 2. The van der Waals surface area contributed by atoms with Crippen LogP contribution in [0.5, 0.6) is 0 Å². The number of carbonyl (C=O) groups excluding carboxylic acids is 1. The third kappa shape index (κ3) is 2.63. The third-order valence-electron chi connectivity index (χ3n) is 1.56. The molecular weight excluding hydrogens is 202 g/mol. The number of nitrogens with zero attached hydrogens (tertiary/aromatic N) is 3. The first kappa shape index (κ1) is 10.9. The van der Waals surface area contributed by atoms with E-state index in [0.29, 0.717) is 0 Å². The predicted octanol–water partition coefficient (Wildman–Crippen LogP) is -0.295. The second kappa shape index (κ2) is 4.36. The summed E-state index contributed by atoms with van der Waals surface area (Å²) < 4.78 is 5.58. The van der Waals surface area contributed by atoms with Crippen molar-refractivity contribution in [3.8, 4) is 0 Å². The number of aliphatic carboxylic acids is 1. The molecule has 15 heavy (non-hydrogen) atoms. The molecule has 0 saturated carbocycles. The molecule has 0 unspecified atom stereocenters. The molecule has 0 aliphatic heterocycles. The SMILES string of the molecule is C=C(Cn1cnc(C(=O)OC)n1)C(=O)O. The quantitative estimate of drug-likeness (QED) is 0.543. The van der Waals surface area contributed by atoms with Crippen LogP contribution in [-0.4, -0.2) is 38.9 Å². The maximum absolute atomic E-state index is 10.9. The summed E-state index contributed by atoms with van der Waals surface area (Å²) in [4.78, 5) is 25.0. The Morgan fingerprint density at radius 1 is 1.67 bits per heavy atom. The van der Waals surface area contributed by atoms with Crippen LogP contribution < -0.4 is 0 Å². The van der Waals surface area contributed by atoms with Crippen molar-refractivity contribution >= 4 is 11.9 Å². The fraction of sp³-hybridized carbons (Fsp3) is 0.250. The van der Waals surface area contributed by atoms with Gasteiger partial charge in [-0.2, -0.15) is 0 Å². The van der Waals surface area contributed by atoms with E-state index in [1.165, 1.54) is 18.1 Å². The van der Waals surface area contributed by atoms with Gasteiger partial charge in [-0.05, 0) is 0 Å². The van der Waals surface area contributed by atoms with Crippen molar-refractivity contribution in [3.63, 3.8) is 0 Å². The first-order valence-electron chi connectivity index (χ1n) is 3.93. The molecule has 1 N–H and O–H groups in total. The van der Waals surface area contributed by atoms with Crippen LogP contribution in [0.4, 0.5) is 0 Å². The topological polar surface area (TPSA) is 94.3 Å². The predicted molar refractivity (Wildman–Crippen MR) is 48.1 cm³/mol. The Balaban J connectivity index is 2.73. The molecule has 1 aromatic heterocycles. The monoisotopic (exact) mass is 211 g/mol. The van der Waals surface area contributed by atoms with Crippen LogP contribution in [0.3, 0.4) is 0 Å². The van der Waals surface area contributed by atoms with Gasteiger partial charge in [0.1, 0.15) is 6.33 Å². The van der Waals surface area contributed by atoms with E-state index in [9.17, 15) is 9.59 Å². The van der Waals surface area contributed by atoms with Gasteiger partial charge in [0.2, 0.25) is 0 Å². The van der Waals surface area contributed by atoms with Crippen molar-refractivity contribution in [2.24, 2.45) is 0 Å². The molecule has 0 atom stereocenters. The highest BCUT2D eigenvalue weighted by molar-refractivity contribution is 5.86. The van der Waals surface area contributed by atoms with Gasteiger partial charge in [0.05, 0.1) is 19.2 Å². The summed E-state index contributed by atoms with van der Waals surface area (Å²) in [5, 5.41) is 12.3. The maximum Gasteiger partial charge on any atom is 0.377 e. The molecule has 0 radical (unpaired) electrons. The van der Waals surface area contributed by atoms with Gasteiger partial charge in [-0.25, -0.2) is 19.3 Å². The van der Waals surface area contributed by atoms with E-state index < -0.39 is 11.9 Å². The van der Waals surface area contributed by atoms with Gasteiger partial charge in [0, 0.05) is 0 Å². The molecule has 1 heterocycles. The van der Waals surface area contributed by atoms with Crippen LogP contribution in [0.2, 0.25) is 0 Å². The van der Waals surface area contributed by atoms with E-state index in [0.717, 1.165) is 0 Å². The van der Waals surface area contributed by atoms with Crippen LogP contribution in [-0.2, 0) is 16.1 Å². The summed E-state index contributed by atoms with van der Waals surface area (Å²) in [6.07, 6.45) is 1.24. The molecule has 0 aliphatic carbocycles. The van der Waals surface area contributed by atoms with Crippen molar-refractivity contribution in [1.82, 2.24) is 14.8 Å². The number of aromatic nitrogens is 3. The van der Waals surface area contributed by atoms with Gasteiger partial charge in [0.15, 0.2) is 0 Å². The zero-order chi connectivity index (χ0) is 11.4. The molecule has 0 bridgehead atoms. The van der Waals surface area contributed by atoms with E-state index in [-0.39, 0.29) is 17.9 Å². The average Bonchev–Trinajstić information content (AvgIpc) is 2.65. The van der Waals surface area contributed by atoms with Crippen molar-refractivity contribution in [3.05, 3.63) is 24.3 Å². The molecule has 0 aliphatic rings. The highest BCUT2D eigenvalue weighted by Crippen LogP contribution is 1.98. The molecule has 0 spiro atoms.